The zero-order valence-electron chi connectivity index (χ0n) is 17.3. The van der Waals surface area contributed by atoms with Gasteiger partial charge in [-0.1, -0.05) is 23.7 Å². The molecule has 10 heteroatoms. The van der Waals surface area contributed by atoms with Crippen LogP contribution < -0.4 is 14.8 Å². The van der Waals surface area contributed by atoms with E-state index in [0.29, 0.717) is 17.9 Å². The zero-order valence-corrected chi connectivity index (χ0v) is 18.1. The fourth-order valence-corrected chi connectivity index (χ4v) is 3.16. The monoisotopic (exact) mass is 462 g/mol. The fraction of sp³-hybridized carbons (Fsp3) is 0.227. The summed E-state index contributed by atoms with van der Waals surface area (Å²) < 4.78 is 29.0. The van der Waals surface area contributed by atoms with Crippen molar-refractivity contribution in [1.29, 1.82) is 0 Å². The van der Waals surface area contributed by atoms with Crippen LogP contribution in [0.1, 0.15) is 18.1 Å². The van der Waals surface area contributed by atoms with Gasteiger partial charge in [-0.2, -0.15) is 0 Å². The molecular formula is C22H20ClFN2O6. The normalized spacial score (nSPS) is 14.5. The number of urea groups is 1. The second-order valence-electron chi connectivity index (χ2n) is 6.63. The van der Waals surface area contributed by atoms with Crippen LogP contribution in [-0.2, 0) is 20.9 Å². The summed E-state index contributed by atoms with van der Waals surface area (Å²) in [6.07, 6.45) is 1.41. The number of rotatable bonds is 8. The predicted molar refractivity (Wildman–Crippen MR) is 114 cm³/mol. The van der Waals surface area contributed by atoms with Gasteiger partial charge >= 0.3 is 12.0 Å². The second-order valence-corrected chi connectivity index (χ2v) is 7.04. The van der Waals surface area contributed by atoms with Gasteiger partial charge in [0.2, 0.25) is 0 Å². The number of hydrogen-bond donors (Lipinski definition) is 1. The molecule has 0 aromatic heterocycles. The Morgan fingerprint density at radius 1 is 1.19 bits per heavy atom. The average molecular weight is 463 g/mol. The van der Waals surface area contributed by atoms with E-state index in [-0.39, 0.29) is 28.9 Å². The lowest BCUT2D eigenvalue weighted by Gasteiger charge is -2.15. The van der Waals surface area contributed by atoms with Crippen molar-refractivity contribution in [1.82, 2.24) is 10.2 Å². The van der Waals surface area contributed by atoms with Crippen LogP contribution >= 0.6 is 11.6 Å². The maximum atomic E-state index is 13.1. The summed E-state index contributed by atoms with van der Waals surface area (Å²) in [7, 11) is 1.16. The molecule has 1 aliphatic rings. The van der Waals surface area contributed by atoms with Crippen LogP contribution in [0.5, 0.6) is 11.5 Å². The number of carbonyl (C=O) groups is 3. The van der Waals surface area contributed by atoms with E-state index in [1.807, 2.05) is 0 Å². The molecule has 8 nitrogen and oxygen atoms in total. The van der Waals surface area contributed by atoms with Crippen molar-refractivity contribution in [3.8, 4) is 11.5 Å². The Balaban J connectivity index is 1.83. The third-order valence-electron chi connectivity index (χ3n) is 4.42. The Morgan fingerprint density at radius 3 is 2.56 bits per heavy atom. The number of ether oxygens (including phenoxy) is 3. The molecule has 0 atom stereocenters. The lowest BCUT2D eigenvalue weighted by Crippen LogP contribution is -2.36. The van der Waals surface area contributed by atoms with Crippen molar-refractivity contribution in [3.63, 3.8) is 0 Å². The lowest BCUT2D eigenvalue weighted by molar-refractivity contribution is -0.143. The molecule has 1 aliphatic heterocycles. The maximum Gasteiger partial charge on any atom is 0.329 e. The van der Waals surface area contributed by atoms with Crippen LogP contribution in [-0.4, -0.2) is 43.1 Å². The first kappa shape index (κ1) is 23.1. The topological polar surface area (TPSA) is 94.2 Å². The molecule has 32 heavy (non-hydrogen) atoms. The van der Waals surface area contributed by atoms with E-state index in [1.165, 1.54) is 18.2 Å². The van der Waals surface area contributed by atoms with Gasteiger partial charge in [-0.05, 0) is 48.4 Å². The van der Waals surface area contributed by atoms with Crippen LogP contribution in [0.15, 0.2) is 42.1 Å². The van der Waals surface area contributed by atoms with E-state index in [4.69, 9.17) is 21.1 Å². The summed E-state index contributed by atoms with van der Waals surface area (Å²) in [5.74, 6) is -1.13. The van der Waals surface area contributed by atoms with E-state index in [0.717, 1.165) is 17.6 Å². The summed E-state index contributed by atoms with van der Waals surface area (Å²) in [5.41, 5.74) is 1.18. The zero-order chi connectivity index (χ0) is 23.3. The number of benzene rings is 2. The first-order valence-electron chi connectivity index (χ1n) is 9.57. The molecular weight excluding hydrogens is 443 g/mol. The van der Waals surface area contributed by atoms with E-state index in [1.54, 1.807) is 31.2 Å². The summed E-state index contributed by atoms with van der Waals surface area (Å²) in [4.78, 5) is 36.6. The van der Waals surface area contributed by atoms with Gasteiger partial charge in [0.15, 0.2) is 11.5 Å². The number of halogens is 2. The highest BCUT2D eigenvalue weighted by Gasteiger charge is 2.35. The number of esters is 1. The SMILES string of the molecule is CCOc1cc(/C=C2/NC(=O)N(CC(=O)OC)C2=O)cc(Cl)c1OCc1ccc(F)cc1. The van der Waals surface area contributed by atoms with Crippen LogP contribution in [0, 0.1) is 5.82 Å². The molecule has 0 saturated carbocycles. The van der Waals surface area contributed by atoms with Crippen molar-refractivity contribution in [2.75, 3.05) is 20.3 Å². The third-order valence-corrected chi connectivity index (χ3v) is 4.70. The Kier molecular flexibility index (Phi) is 7.32. The van der Waals surface area contributed by atoms with Crippen molar-refractivity contribution in [2.45, 2.75) is 13.5 Å². The first-order valence-corrected chi connectivity index (χ1v) is 9.95. The molecule has 0 unspecified atom stereocenters. The molecule has 0 aliphatic carbocycles. The Hall–Kier alpha value is -3.59. The molecule has 1 N–H and O–H groups in total. The minimum Gasteiger partial charge on any atom is -0.490 e. The van der Waals surface area contributed by atoms with Crippen molar-refractivity contribution in [2.24, 2.45) is 0 Å². The highest BCUT2D eigenvalue weighted by Crippen LogP contribution is 2.38. The summed E-state index contributed by atoms with van der Waals surface area (Å²) in [6, 6.07) is 8.25. The number of carbonyl (C=O) groups excluding carboxylic acids is 3. The minimum absolute atomic E-state index is 0.0302. The van der Waals surface area contributed by atoms with Gasteiger partial charge in [0, 0.05) is 0 Å². The van der Waals surface area contributed by atoms with Crippen LogP contribution in [0.3, 0.4) is 0 Å². The maximum absolute atomic E-state index is 13.1. The molecule has 2 aromatic rings. The molecule has 0 bridgehead atoms. The second kappa shape index (κ2) is 10.1. The number of amides is 3. The van der Waals surface area contributed by atoms with Crippen molar-refractivity contribution >= 4 is 35.6 Å². The smallest absolute Gasteiger partial charge is 0.329 e. The number of nitrogens with zero attached hydrogens (tertiary/aromatic N) is 1. The highest BCUT2D eigenvalue weighted by molar-refractivity contribution is 6.32. The van der Waals surface area contributed by atoms with Crippen molar-refractivity contribution < 1.29 is 33.0 Å². The lowest BCUT2D eigenvalue weighted by atomic mass is 10.1. The minimum atomic E-state index is -0.734. The van der Waals surface area contributed by atoms with E-state index >= 15 is 0 Å². The molecule has 168 valence electrons. The number of hydrogen-bond acceptors (Lipinski definition) is 6. The first-order chi connectivity index (χ1) is 15.3. The van der Waals surface area contributed by atoms with Crippen LogP contribution in [0.4, 0.5) is 9.18 Å². The van der Waals surface area contributed by atoms with Crippen molar-refractivity contribution in [3.05, 3.63) is 64.1 Å². The van der Waals surface area contributed by atoms with E-state index in [2.05, 4.69) is 10.1 Å². The van der Waals surface area contributed by atoms with Gasteiger partial charge < -0.3 is 19.5 Å². The van der Waals surface area contributed by atoms with Gasteiger partial charge in [0.25, 0.3) is 5.91 Å². The average Bonchev–Trinajstić information content (AvgIpc) is 3.01. The molecule has 3 rings (SSSR count). The van der Waals surface area contributed by atoms with Crippen LogP contribution in [0.25, 0.3) is 6.08 Å². The number of methoxy groups -OCH3 is 1. The molecule has 1 fully saturated rings. The molecule has 1 saturated heterocycles. The molecule has 0 spiro atoms. The molecule has 1 heterocycles. The van der Waals surface area contributed by atoms with Crippen LogP contribution in [0.2, 0.25) is 5.02 Å². The Labute approximate surface area is 188 Å². The number of imide groups is 1. The molecule has 3 amide bonds. The van der Waals surface area contributed by atoms with Gasteiger partial charge in [0.1, 0.15) is 24.7 Å². The largest absolute Gasteiger partial charge is 0.490 e. The quantitative estimate of drug-likeness (QED) is 0.366. The van der Waals surface area contributed by atoms with Gasteiger partial charge in [-0.15, -0.1) is 0 Å². The Bertz CT molecular complexity index is 1070. The predicted octanol–water partition coefficient (Wildman–Crippen LogP) is 3.52. The van der Waals surface area contributed by atoms with E-state index < -0.39 is 24.5 Å². The van der Waals surface area contributed by atoms with E-state index in [9.17, 15) is 18.8 Å². The standard InChI is InChI=1S/C22H20ClFN2O6/c1-3-31-18-10-14(9-17-21(28)26(22(29)25-17)11-19(27)30-2)8-16(23)20(18)32-12-13-4-6-15(24)7-5-13/h4-10H,3,11-12H2,1-2H3,(H,25,29)/b17-9+. The third kappa shape index (κ3) is 5.36. The number of nitrogens with one attached hydrogen (secondary N) is 1. The van der Waals surface area contributed by atoms with Gasteiger partial charge in [-0.3, -0.25) is 9.59 Å². The highest BCUT2D eigenvalue weighted by atomic mass is 35.5. The van der Waals surface area contributed by atoms with Gasteiger partial charge in [0.05, 0.1) is 18.7 Å². The summed E-state index contributed by atoms with van der Waals surface area (Å²) in [5, 5.41) is 2.63. The summed E-state index contributed by atoms with van der Waals surface area (Å²) >= 11 is 6.39. The Morgan fingerprint density at radius 2 is 1.91 bits per heavy atom. The summed E-state index contributed by atoms with van der Waals surface area (Å²) in [6.45, 7) is 1.75. The van der Waals surface area contributed by atoms with Gasteiger partial charge in [-0.25, -0.2) is 14.1 Å². The fourth-order valence-electron chi connectivity index (χ4n) is 2.89. The molecule has 2 aromatic carbocycles. The molecule has 0 radical (unpaired) electrons.